The predicted molar refractivity (Wildman–Crippen MR) is 168 cm³/mol. The van der Waals surface area contributed by atoms with Gasteiger partial charge < -0.3 is 18.3 Å². The van der Waals surface area contributed by atoms with E-state index in [1.54, 1.807) is 14.2 Å². The zero-order valence-electron chi connectivity index (χ0n) is 24.3. The maximum absolute atomic E-state index is 6.04. The Labute approximate surface area is 263 Å². The van der Waals surface area contributed by atoms with Crippen LogP contribution in [0.25, 0.3) is 54.6 Å². The number of methoxy groups -OCH3 is 2. The summed E-state index contributed by atoms with van der Waals surface area (Å²) in [6, 6.07) is 32.1. The van der Waals surface area contributed by atoms with Gasteiger partial charge in [-0.05, 0) is 49.6 Å². The molecule has 6 nitrogen and oxygen atoms in total. The number of hydrogen-bond donors (Lipinski definition) is 0. The summed E-state index contributed by atoms with van der Waals surface area (Å²) in [6.07, 6.45) is 1.26. The first kappa shape index (κ1) is 27.4. The van der Waals surface area contributed by atoms with E-state index < -0.39 is 0 Å². The van der Waals surface area contributed by atoms with E-state index >= 15 is 0 Å². The first-order valence-electron chi connectivity index (χ1n) is 14.1. The van der Waals surface area contributed by atoms with Gasteiger partial charge in [0.15, 0.2) is 0 Å². The second-order valence-corrected chi connectivity index (χ2v) is 10.9. The number of aromatic nitrogens is 4. The number of pyridine rings is 2. The average molecular weight is 744 g/mol. The smallest absolute Gasteiger partial charge is 0.481 e. The molecule has 0 bridgehead atoms. The van der Waals surface area contributed by atoms with Gasteiger partial charge in [-0.15, -0.1) is 59.3 Å². The number of aryl methyl sites for hydroxylation is 4. The van der Waals surface area contributed by atoms with Crippen LogP contribution in [-0.2, 0) is 33.9 Å². The van der Waals surface area contributed by atoms with Crippen molar-refractivity contribution in [3.63, 3.8) is 0 Å². The molecular weight excluding hydrogens is 716 g/mol. The van der Waals surface area contributed by atoms with Crippen LogP contribution in [0.3, 0.4) is 0 Å². The standard InChI is InChI=1S/C36H28N4O2.Pt/c1-21-13-17-31-27(19-21)23-9-5-7-11-25(23)33-37-29(35(41-3)39(31)33)15-16-30-36(42-4)40-32-18-14-22(2)20-28(32)24-10-6-8-12-26(24)34(40)38-30;/h5-10,13-14,17-20H,15-16H2,1-4H3;/q-2;+2. The molecule has 0 aliphatic heterocycles. The molecule has 0 amide bonds. The van der Waals surface area contributed by atoms with E-state index in [0.29, 0.717) is 12.8 Å². The molecule has 4 aromatic heterocycles. The summed E-state index contributed by atoms with van der Waals surface area (Å²) < 4.78 is 16.3. The second kappa shape index (κ2) is 10.4. The van der Waals surface area contributed by atoms with E-state index in [1.807, 2.05) is 24.3 Å². The molecule has 0 unspecified atom stereocenters. The largest absolute Gasteiger partial charge is 2.00 e. The van der Waals surface area contributed by atoms with E-state index in [9.17, 15) is 0 Å². The van der Waals surface area contributed by atoms with Crippen molar-refractivity contribution >= 4 is 54.6 Å². The van der Waals surface area contributed by atoms with Gasteiger partial charge in [-0.3, -0.25) is 9.97 Å². The predicted octanol–water partition coefficient (Wildman–Crippen LogP) is 7.61. The average Bonchev–Trinajstić information content (AvgIpc) is 3.58. The van der Waals surface area contributed by atoms with Gasteiger partial charge in [-0.2, -0.15) is 0 Å². The summed E-state index contributed by atoms with van der Waals surface area (Å²) in [5.74, 6) is 1.47. The van der Waals surface area contributed by atoms with Gasteiger partial charge in [0.2, 0.25) is 11.8 Å². The van der Waals surface area contributed by atoms with Gasteiger partial charge in [0, 0.05) is 11.0 Å². The van der Waals surface area contributed by atoms with Crippen LogP contribution in [0.15, 0.2) is 72.8 Å². The number of hydrogen-bond acceptors (Lipinski definition) is 4. The number of fused-ring (bicyclic) bond motifs is 12. The van der Waals surface area contributed by atoms with E-state index in [2.05, 4.69) is 83.3 Å². The molecule has 8 aromatic rings. The fourth-order valence-electron chi connectivity index (χ4n) is 6.48. The molecular formula is C36H28N4O2Pt. The van der Waals surface area contributed by atoms with Crippen molar-refractivity contribution in [1.82, 2.24) is 18.8 Å². The molecule has 0 radical (unpaired) electrons. The quantitative estimate of drug-likeness (QED) is 0.135. The Kier molecular flexibility index (Phi) is 6.63. The van der Waals surface area contributed by atoms with Crippen molar-refractivity contribution in [2.75, 3.05) is 14.2 Å². The topological polar surface area (TPSA) is 53.1 Å². The molecule has 0 spiro atoms. The summed E-state index contributed by atoms with van der Waals surface area (Å²) in [5, 5.41) is 6.54. The van der Waals surface area contributed by atoms with Crippen LogP contribution in [0.2, 0.25) is 0 Å². The molecule has 4 aromatic carbocycles. The number of rotatable bonds is 5. The molecule has 0 fully saturated rings. The monoisotopic (exact) mass is 743 g/mol. The first-order valence-corrected chi connectivity index (χ1v) is 14.1. The summed E-state index contributed by atoms with van der Waals surface area (Å²) in [6.45, 7) is 4.23. The zero-order valence-corrected chi connectivity index (χ0v) is 26.5. The van der Waals surface area contributed by atoms with E-state index in [0.717, 1.165) is 77.8 Å². The van der Waals surface area contributed by atoms with Crippen molar-refractivity contribution in [2.45, 2.75) is 26.7 Å². The van der Waals surface area contributed by atoms with E-state index in [1.165, 1.54) is 11.1 Å². The first-order chi connectivity index (χ1) is 20.6. The third kappa shape index (κ3) is 4.04. The summed E-state index contributed by atoms with van der Waals surface area (Å²) in [5.41, 5.74) is 7.98. The number of ether oxygens (including phenoxy) is 2. The molecule has 0 atom stereocenters. The van der Waals surface area contributed by atoms with Crippen LogP contribution in [-0.4, -0.2) is 33.0 Å². The van der Waals surface area contributed by atoms with Crippen molar-refractivity contribution in [3.05, 3.63) is 107 Å². The van der Waals surface area contributed by atoms with Crippen molar-refractivity contribution < 1.29 is 30.5 Å². The Morgan fingerprint density at radius 2 is 1.07 bits per heavy atom. The molecule has 0 saturated carbocycles. The number of imidazole rings is 2. The van der Waals surface area contributed by atoms with Crippen LogP contribution in [0, 0.1) is 26.0 Å². The Hall–Kier alpha value is -4.41. The Balaban J connectivity index is 0.00000300. The molecule has 0 aliphatic carbocycles. The maximum Gasteiger partial charge on any atom is 2.00 e. The van der Waals surface area contributed by atoms with Crippen LogP contribution in [0.5, 0.6) is 11.8 Å². The molecule has 4 heterocycles. The SMILES string of the molecule is COc1c(CCc2nc3c4[c-]cccc4c4cc(C)ccc4n3c2OC)nc2c3[c-]cccc3c3cc(C)ccc3n12.[Pt+2]. The Morgan fingerprint density at radius 1 is 0.628 bits per heavy atom. The minimum absolute atomic E-state index is 0. The van der Waals surface area contributed by atoms with Crippen molar-refractivity contribution in [1.29, 1.82) is 0 Å². The maximum atomic E-state index is 6.04. The number of nitrogens with zero attached hydrogens (tertiary/aromatic N) is 4. The minimum Gasteiger partial charge on any atom is -0.481 e. The Morgan fingerprint density at radius 3 is 1.49 bits per heavy atom. The molecule has 7 heteroatoms. The van der Waals surface area contributed by atoms with Crippen molar-refractivity contribution in [3.8, 4) is 11.8 Å². The molecule has 8 rings (SSSR count). The molecule has 214 valence electrons. The normalized spacial score (nSPS) is 11.7. The van der Waals surface area contributed by atoms with Gasteiger partial charge in [-0.25, -0.2) is 0 Å². The summed E-state index contributed by atoms with van der Waals surface area (Å²) in [4.78, 5) is 10.3. The van der Waals surface area contributed by atoms with Gasteiger partial charge in [0.1, 0.15) is 0 Å². The Bertz CT molecular complexity index is 2200. The molecule has 43 heavy (non-hydrogen) atoms. The van der Waals surface area contributed by atoms with Crippen LogP contribution >= 0.6 is 0 Å². The van der Waals surface area contributed by atoms with Crippen LogP contribution < -0.4 is 9.47 Å². The summed E-state index contributed by atoms with van der Waals surface area (Å²) in [7, 11) is 3.43. The van der Waals surface area contributed by atoms with Crippen LogP contribution in [0.4, 0.5) is 0 Å². The molecule has 0 aliphatic rings. The van der Waals surface area contributed by atoms with Gasteiger partial charge in [0.05, 0.1) is 36.9 Å². The summed E-state index contributed by atoms with van der Waals surface area (Å²) >= 11 is 0. The third-order valence-electron chi connectivity index (χ3n) is 8.32. The van der Waals surface area contributed by atoms with E-state index in [4.69, 9.17) is 19.4 Å². The molecule has 0 N–H and O–H groups in total. The van der Waals surface area contributed by atoms with Crippen molar-refractivity contribution in [2.24, 2.45) is 0 Å². The fraction of sp³-hybridized carbons (Fsp3) is 0.167. The zero-order chi connectivity index (χ0) is 28.5. The minimum atomic E-state index is 0. The van der Waals surface area contributed by atoms with Gasteiger partial charge in [0.25, 0.3) is 0 Å². The molecule has 0 saturated heterocycles. The third-order valence-corrected chi connectivity index (χ3v) is 8.32. The fourth-order valence-corrected chi connectivity index (χ4v) is 6.48. The van der Waals surface area contributed by atoms with Crippen LogP contribution in [0.1, 0.15) is 22.5 Å². The van der Waals surface area contributed by atoms with E-state index in [-0.39, 0.29) is 21.1 Å². The second-order valence-electron chi connectivity index (χ2n) is 10.9. The van der Waals surface area contributed by atoms with Gasteiger partial charge in [-0.1, -0.05) is 46.2 Å². The van der Waals surface area contributed by atoms with Gasteiger partial charge >= 0.3 is 21.1 Å². The number of benzene rings is 4.